The van der Waals surface area contributed by atoms with Gasteiger partial charge in [0.15, 0.2) is 0 Å². The molecule has 0 saturated heterocycles. The lowest BCUT2D eigenvalue weighted by Gasteiger charge is -2.14. The maximum Gasteiger partial charge on any atom is 0.128 e. The van der Waals surface area contributed by atoms with Crippen molar-refractivity contribution >= 4 is 29.5 Å². The fourth-order valence-corrected chi connectivity index (χ4v) is 2.96. The van der Waals surface area contributed by atoms with Crippen LogP contribution in [0.25, 0.3) is 5.57 Å². The van der Waals surface area contributed by atoms with Crippen molar-refractivity contribution in [3.05, 3.63) is 70.7 Å². The topological polar surface area (TPSA) is 0 Å². The van der Waals surface area contributed by atoms with Gasteiger partial charge in [-0.25, -0.2) is 0 Å². The van der Waals surface area contributed by atoms with Gasteiger partial charge >= 0.3 is 0 Å². The minimum absolute atomic E-state index is 0.886. The molecule has 1 heterocycles. The molecule has 0 N–H and O–H groups in total. The largest absolute Gasteiger partial charge is 0.152 e. The number of allylic oxidation sites excluding steroid dienone is 9. The van der Waals surface area contributed by atoms with Gasteiger partial charge in [-0.1, -0.05) is 76.3 Å². The molecule has 128 valence electrons. The molecule has 0 aliphatic heterocycles. The van der Waals surface area contributed by atoms with E-state index in [4.69, 9.17) is 7.85 Å². The third-order valence-electron chi connectivity index (χ3n) is 3.52. The average molecular weight is 338 g/mol. The molecule has 0 spiro atoms. The Hall–Kier alpha value is -1.54. The second kappa shape index (κ2) is 12.8. The van der Waals surface area contributed by atoms with Crippen LogP contribution in [0.15, 0.2) is 65.8 Å². The fraction of sp³-hybridized carbons (Fsp3) is 0.364. The molecule has 0 nitrogen and oxygen atoms in total. The molecule has 0 atom stereocenters. The van der Waals surface area contributed by atoms with Crippen molar-refractivity contribution in [1.82, 2.24) is 0 Å². The highest BCUT2D eigenvalue weighted by atomic mass is 32.1. The molecule has 0 fully saturated rings. The third kappa shape index (κ3) is 7.36. The highest BCUT2D eigenvalue weighted by molar-refractivity contribution is 7.20. The van der Waals surface area contributed by atoms with Crippen LogP contribution in [-0.4, -0.2) is 7.85 Å². The van der Waals surface area contributed by atoms with Crippen LogP contribution in [0.3, 0.4) is 0 Å². The summed E-state index contributed by atoms with van der Waals surface area (Å²) in [4.78, 5) is 1.29. The van der Waals surface area contributed by atoms with Crippen molar-refractivity contribution in [3.63, 3.8) is 0 Å². The van der Waals surface area contributed by atoms with Crippen LogP contribution in [-0.2, 0) is 0 Å². The van der Waals surface area contributed by atoms with E-state index in [-0.39, 0.29) is 0 Å². The van der Waals surface area contributed by atoms with Crippen LogP contribution < -0.4 is 4.78 Å². The van der Waals surface area contributed by atoms with Gasteiger partial charge in [-0.3, -0.25) is 0 Å². The van der Waals surface area contributed by atoms with Gasteiger partial charge in [0.05, 0.1) is 0 Å². The van der Waals surface area contributed by atoms with E-state index in [2.05, 4.69) is 50.8 Å². The zero-order chi connectivity index (χ0) is 18.5. The summed E-state index contributed by atoms with van der Waals surface area (Å²) in [6.07, 6.45) is 12.8. The monoisotopic (exact) mass is 338 g/mol. The van der Waals surface area contributed by atoms with Crippen LogP contribution in [0, 0.1) is 0 Å². The summed E-state index contributed by atoms with van der Waals surface area (Å²) in [6.45, 7) is 16.0. The lowest BCUT2D eigenvalue weighted by molar-refractivity contribution is 0.986. The standard InChI is InChI=1S/C18H19BS.2C2H6/c1-4-13(2)5-6-14(3)15-7-9-16(10-8-15)17-11-12-18(19)20-17;2*1-2/h4-7,9,11-12H,1,8,10H2,2-3H3;2*1-2H3/b13-5-,14-6+;;. The van der Waals surface area contributed by atoms with Gasteiger partial charge in [-0.05, 0) is 54.3 Å². The molecule has 0 saturated carbocycles. The van der Waals surface area contributed by atoms with Gasteiger partial charge in [-0.2, -0.15) is 11.3 Å². The molecule has 2 heteroatoms. The first-order valence-electron chi connectivity index (χ1n) is 8.83. The summed E-state index contributed by atoms with van der Waals surface area (Å²) in [7, 11) is 5.79. The summed E-state index contributed by atoms with van der Waals surface area (Å²) in [5.74, 6) is 0. The van der Waals surface area contributed by atoms with Crippen LogP contribution in [0.5, 0.6) is 0 Å². The Bertz CT molecular complexity index is 624. The minimum atomic E-state index is 0.886. The number of rotatable bonds is 4. The molecule has 1 aromatic rings. The lowest BCUT2D eigenvalue weighted by Crippen LogP contribution is -1.94. The molecule has 1 aliphatic rings. The molecule has 0 bridgehead atoms. The Balaban J connectivity index is 0.00000123. The summed E-state index contributed by atoms with van der Waals surface area (Å²) in [6, 6.07) is 4.09. The van der Waals surface area contributed by atoms with Crippen molar-refractivity contribution in [2.45, 2.75) is 54.4 Å². The van der Waals surface area contributed by atoms with Gasteiger partial charge < -0.3 is 0 Å². The predicted octanol–water partition coefficient (Wildman–Crippen LogP) is 6.78. The zero-order valence-electron chi connectivity index (χ0n) is 16.1. The van der Waals surface area contributed by atoms with Gasteiger partial charge in [0.25, 0.3) is 0 Å². The van der Waals surface area contributed by atoms with Crippen LogP contribution in [0.4, 0.5) is 0 Å². The lowest BCUT2D eigenvalue weighted by atomic mass is 9.93. The molecule has 0 aromatic carbocycles. The molecule has 0 amide bonds. The van der Waals surface area contributed by atoms with Gasteiger partial charge in [0.1, 0.15) is 7.85 Å². The van der Waals surface area contributed by atoms with E-state index >= 15 is 0 Å². The molecule has 1 aromatic heterocycles. The minimum Gasteiger partial charge on any atom is -0.152 e. The molecule has 2 radical (unpaired) electrons. The third-order valence-corrected chi connectivity index (χ3v) is 4.51. The highest BCUT2D eigenvalue weighted by Crippen LogP contribution is 2.31. The van der Waals surface area contributed by atoms with E-state index in [1.807, 2.05) is 39.8 Å². The number of hydrogen-bond acceptors (Lipinski definition) is 1. The van der Waals surface area contributed by atoms with E-state index in [0.717, 1.165) is 17.6 Å². The maximum atomic E-state index is 5.79. The van der Waals surface area contributed by atoms with E-state index < -0.39 is 0 Å². The normalized spacial score (nSPS) is 14.4. The van der Waals surface area contributed by atoms with E-state index in [1.165, 1.54) is 27.2 Å². The Labute approximate surface area is 154 Å². The van der Waals surface area contributed by atoms with Gasteiger partial charge in [0.2, 0.25) is 0 Å². The van der Waals surface area contributed by atoms with Crippen molar-refractivity contribution in [2.75, 3.05) is 0 Å². The first-order chi connectivity index (χ1) is 11.6. The number of hydrogen-bond donors (Lipinski definition) is 0. The summed E-state index contributed by atoms with van der Waals surface area (Å²) in [5.41, 5.74) is 5.31. The van der Waals surface area contributed by atoms with E-state index in [9.17, 15) is 0 Å². The van der Waals surface area contributed by atoms with Crippen LogP contribution >= 0.6 is 11.3 Å². The van der Waals surface area contributed by atoms with Crippen LogP contribution in [0.2, 0.25) is 0 Å². The molecule has 1 aliphatic carbocycles. The number of thiophene rings is 1. The Kier molecular flexibility index (Phi) is 12.0. The van der Waals surface area contributed by atoms with E-state index in [0.29, 0.717) is 0 Å². The Morgan fingerprint density at radius 1 is 1.04 bits per heavy atom. The van der Waals surface area contributed by atoms with Gasteiger partial charge in [-0.15, -0.1) is 0 Å². The molecule has 2 rings (SSSR count). The van der Waals surface area contributed by atoms with Crippen molar-refractivity contribution in [1.29, 1.82) is 0 Å². The predicted molar refractivity (Wildman–Crippen MR) is 115 cm³/mol. The quantitative estimate of drug-likeness (QED) is 0.419. The first kappa shape index (κ1) is 22.5. The summed E-state index contributed by atoms with van der Waals surface area (Å²) >= 11 is 1.67. The maximum absolute atomic E-state index is 5.79. The van der Waals surface area contributed by atoms with Crippen LogP contribution in [0.1, 0.15) is 59.3 Å². The molecule has 24 heavy (non-hydrogen) atoms. The van der Waals surface area contributed by atoms with Crippen molar-refractivity contribution < 1.29 is 0 Å². The van der Waals surface area contributed by atoms with Crippen molar-refractivity contribution in [3.8, 4) is 0 Å². The SMILES string of the molecule is CC.CC.[B]c1ccc(C2=CC=C(/C(C)=C/C=C(/C)C=C)CC2)s1. The highest BCUT2D eigenvalue weighted by Gasteiger charge is 2.10. The van der Waals surface area contributed by atoms with E-state index in [1.54, 1.807) is 11.3 Å². The first-order valence-corrected chi connectivity index (χ1v) is 9.65. The fourth-order valence-electron chi connectivity index (χ4n) is 2.13. The van der Waals surface area contributed by atoms with Crippen molar-refractivity contribution in [2.24, 2.45) is 0 Å². The second-order valence-electron chi connectivity index (χ2n) is 5.05. The Morgan fingerprint density at radius 2 is 1.71 bits per heavy atom. The van der Waals surface area contributed by atoms with Gasteiger partial charge in [0, 0.05) is 4.88 Å². The second-order valence-corrected chi connectivity index (χ2v) is 6.17. The Morgan fingerprint density at radius 3 is 2.17 bits per heavy atom. The molecular formula is C22H31BS. The average Bonchev–Trinajstić information content (AvgIpc) is 3.09. The molecular weight excluding hydrogens is 307 g/mol. The molecule has 0 unspecified atom stereocenters. The summed E-state index contributed by atoms with van der Waals surface area (Å²) < 4.78 is 0.886. The smallest absolute Gasteiger partial charge is 0.128 e. The zero-order valence-corrected chi connectivity index (χ0v) is 17.0. The summed E-state index contributed by atoms with van der Waals surface area (Å²) in [5, 5.41) is 0.